The molecule has 184 valence electrons. The molecule has 7 nitrogen and oxygen atoms in total. The molecule has 1 aromatic heterocycles. The van der Waals surface area contributed by atoms with Gasteiger partial charge in [-0.3, -0.25) is 4.79 Å². The number of aromatic nitrogens is 2. The second-order valence-electron chi connectivity index (χ2n) is 9.50. The number of benzene rings is 2. The lowest BCUT2D eigenvalue weighted by Gasteiger charge is -2.25. The van der Waals surface area contributed by atoms with Crippen LogP contribution in [0.3, 0.4) is 0 Å². The molecule has 0 radical (unpaired) electrons. The van der Waals surface area contributed by atoms with Crippen molar-refractivity contribution < 1.29 is 17.9 Å². The molecule has 1 saturated carbocycles. The highest BCUT2D eigenvalue weighted by molar-refractivity contribution is 7.90. The summed E-state index contributed by atoms with van der Waals surface area (Å²) in [5, 5.41) is 0.0472. The van der Waals surface area contributed by atoms with E-state index >= 15 is 0 Å². The van der Waals surface area contributed by atoms with Crippen molar-refractivity contribution in [2.45, 2.75) is 68.8 Å². The maximum Gasteiger partial charge on any atom is 0.254 e. The molecule has 1 aliphatic heterocycles. The van der Waals surface area contributed by atoms with Gasteiger partial charge in [0.05, 0.1) is 36.8 Å². The number of ether oxygens (including phenoxy) is 1. The van der Waals surface area contributed by atoms with Crippen LogP contribution < -0.4 is 0 Å². The van der Waals surface area contributed by atoms with Gasteiger partial charge >= 0.3 is 0 Å². The number of sulfone groups is 1. The van der Waals surface area contributed by atoms with Gasteiger partial charge in [0.2, 0.25) is 15.0 Å². The second-order valence-corrected chi connectivity index (χ2v) is 11.4. The monoisotopic (exact) mass is 493 g/mol. The maximum atomic E-state index is 13.5. The Bertz CT molecular complexity index is 1290. The number of imidazole rings is 1. The largest absolute Gasteiger partial charge is 0.376 e. The van der Waals surface area contributed by atoms with E-state index in [4.69, 9.17) is 4.74 Å². The lowest BCUT2D eigenvalue weighted by atomic mass is 10.1. The second kappa shape index (κ2) is 9.95. The molecule has 2 aliphatic rings. The summed E-state index contributed by atoms with van der Waals surface area (Å²) in [4.78, 5) is 19.8. The standard InChI is InChI=1S/C27H31N3O4S/c1-20-8-5-6-12-25(20)26(31)29(22-13-14-22)17-23-16-28-27(30(23)18-24-11-7-15-34-24)35(32,33)19-21-9-3-2-4-10-21/h2-6,8-10,12,16,22,24H,7,11,13-15,17-19H2,1H3. The van der Waals surface area contributed by atoms with Gasteiger partial charge in [-0.05, 0) is 49.8 Å². The molecule has 1 saturated heterocycles. The zero-order valence-electron chi connectivity index (χ0n) is 20.0. The first-order valence-electron chi connectivity index (χ1n) is 12.2. The lowest BCUT2D eigenvalue weighted by molar-refractivity contribution is 0.0717. The van der Waals surface area contributed by atoms with Gasteiger partial charge in [-0.25, -0.2) is 13.4 Å². The van der Waals surface area contributed by atoms with Crippen LogP contribution in [-0.4, -0.2) is 47.5 Å². The van der Waals surface area contributed by atoms with Crippen LogP contribution >= 0.6 is 0 Å². The maximum absolute atomic E-state index is 13.5. The van der Waals surface area contributed by atoms with Crippen molar-refractivity contribution in [1.29, 1.82) is 0 Å². The van der Waals surface area contributed by atoms with Gasteiger partial charge < -0.3 is 14.2 Å². The predicted octanol–water partition coefficient (Wildman–Crippen LogP) is 4.15. The Labute approximate surface area is 206 Å². The van der Waals surface area contributed by atoms with Crippen molar-refractivity contribution >= 4 is 15.7 Å². The molecule has 0 spiro atoms. The molecule has 1 atom stereocenters. The molecule has 2 heterocycles. The summed E-state index contributed by atoms with van der Waals surface area (Å²) >= 11 is 0. The van der Waals surface area contributed by atoms with Crippen molar-refractivity contribution in [3.8, 4) is 0 Å². The summed E-state index contributed by atoms with van der Waals surface area (Å²) in [5.74, 6) is -0.145. The number of aryl methyl sites for hydroxylation is 1. The zero-order chi connectivity index (χ0) is 24.4. The van der Waals surface area contributed by atoms with Crippen molar-refractivity contribution in [3.63, 3.8) is 0 Å². The highest BCUT2D eigenvalue weighted by atomic mass is 32.2. The molecule has 2 aromatic carbocycles. The Morgan fingerprint density at radius 2 is 1.83 bits per heavy atom. The molecule has 35 heavy (non-hydrogen) atoms. The molecule has 1 aliphatic carbocycles. The number of rotatable bonds is 9. The Kier molecular flexibility index (Phi) is 6.75. The predicted molar refractivity (Wildman–Crippen MR) is 133 cm³/mol. The SMILES string of the molecule is Cc1ccccc1C(=O)N(Cc1cnc(S(=O)(=O)Cc2ccccc2)n1CC1CCCO1)C1CC1. The van der Waals surface area contributed by atoms with Crippen LogP contribution in [0.1, 0.15) is 52.9 Å². The summed E-state index contributed by atoms with van der Waals surface area (Å²) in [5.41, 5.74) is 3.06. The van der Waals surface area contributed by atoms with Crippen LogP contribution in [0.25, 0.3) is 0 Å². The minimum Gasteiger partial charge on any atom is -0.376 e. The first-order valence-corrected chi connectivity index (χ1v) is 13.9. The highest BCUT2D eigenvalue weighted by Gasteiger charge is 2.35. The molecule has 1 amide bonds. The number of nitrogens with zero attached hydrogens (tertiary/aromatic N) is 3. The Morgan fingerprint density at radius 1 is 1.09 bits per heavy atom. The minimum atomic E-state index is -3.69. The average Bonchev–Trinajstić information content (AvgIpc) is 3.40. The molecule has 0 N–H and O–H groups in total. The zero-order valence-corrected chi connectivity index (χ0v) is 20.8. The summed E-state index contributed by atoms with van der Waals surface area (Å²) in [6.07, 6.45) is 5.31. The van der Waals surface area contributed by atoms with Crippen molar-refractivity contribution in [1.82, 2.24) is 14.5 Å². The van der Waals surface area contributed by atoms with Crippen LogP contribution in [0.2, 0.25) is 0 Å². The van der Waals surface area contributed by atoms with Gasteiger partial charge in [0.1, 0.15) is 0 Å². The van der Waals surface area contributed by atoms with Gasteiger partial charge in [0, 0.05) is 18.2 Å². The Morgan fingerprint density at radius 3 is 2.51 bits per heavy atom. The molecule has 5 rings (SSSR count). The van der Waals surface area contributed by atoms with E-state index in [2.05, 4.69) is 4.98 Å². The number of hydrogen-bond acceptors (Lipinski definition) is 5. The van der Waals surface area contributed by atoms with Crippen LogP contribution in [0.5, 0.6) is 0 Å². The van der Waals surface area contributed by atoms with E-state index in [1.165, 1.54) is 0 Å². The molecule has 1 unspecified atom stereocenters. The van der Waals surface area contributed by atoms with Crippen LogP contribution in [0.4, 0.5) is 0 Å². The fraction of sp³-hybridized carbons (Fsp3) is 0.407. The van der Waals surface area contributed by atoms with E-state index in [9.17, 15) is 13.2 Å². The molecular formula is C27H31N3O4S. The summed E-state index contributed by atoms with van der Waals surface area (Å²) < 4.78 is 34.5. The summed E-state index contributed by atoms with van der Waals surface area (Å²) in [6.45, 7) is 3.35. The van der Waals surface area contributed by atoms with Crippen LogP contribution in [-0.2, 0) is 33.4 Å². The smallest absolute Gasteiger partial charge is 0.254 e. The topological polar surface area (TPSA) is 81.5 Å². The van der Waals surface area contributed by atoms with Crippen molar-refractivity contribution in [2.24, 2.45) is 0 Å². The highest BCUT2D eigenvalue weighted by Crippen LogP contribution is 2.31. The molecule has 0 bridgehead atoms. The fourth-order valence-electron chi connectivity index (χ4n) is 4.71. The van der Waals surface area contributed by atoms with Crippen molar-refractivity contribution in [3.05, 3.63) is 83.2 Å². The third-order valence-electron chi connectivity index (χ3n) is 6.75. The average molecular weight is 494 g/mol. The van der Waals surface area contributed by atoms with Crippen molar-refractivity contribution in [2.75, 3.05) is 6.61 Å². The summed E-state index contributed by atoms with van der Waals surface area (Å²) in [7, 11) is -3.69. The third-order valence-corrected chi connectivity index (χ3v) is 8.34. The van der Waals surface area contributed by atoms with Gasteiger partial charge in [-0.1, -0.05) is 48.5 Å². The third kappa shape index (κ3) is 5.33. The lowest BCUT2D eigenvalue weighted by Crippen LogP contribution is -2.34. The van der Waals surface area contributed by atoms with E-state index in [0.717, 1.165) is 42.5 Å². The summed E-state index contributed by atoms with van der Waals surface area (Å²) in [6, 6.07) is 16.9. The van der Waals surface area contributed by atoms with Crippen LogP contribution in [0.15, 0.2) is 66.0 Å². The number of hydrogen-bond donors (Lipinski definition) is 0. The fourth-order valence-corrected chi connectivity index (χ4v) is 6.21. The number of carbonyl (C=O) groups excluding carboxylic acids is 1. The molecular weight excluding hydrogens is 462 g/mol. The van der Waals surface area contributed by atoms with E-state index in [1.807, 2.05) is 66.4 Å². The van der Waals surface area contributed by atoms with Crippen LogP contribution in [0, 0.1) is 6.92 Å². The Balaban J connectivity index is 1.47. The van der Waals surface area contributed by atoms with Gasteiger partial charge in [0.25, 0.3) is 5.91 Å². The van der Waals surface area contributed by atoms with E-state index < -0.39 is 9.84 Å². The number of carbonyl (C=O) groups is 1. The number of amides is 1. The van der Waals surface area contributed by atoms with Gasteiger partial charge in [0.15, 0.2) is 0 Å². The van der Waals surface area contributed by atoms with E-state index in [0.29, 0.717) is 25.3 Å². The van der Waals surface area contributed by atoms with Gasteiger partial charge in [-0.15, -0.1) is 0 Å². The van der Waals surface area contributed by atoms with E-state index in [-0.39, 0.29) is 29.0 Å². The Hall–Kier alpha value is -2.97. The van der Waals surface area contributed by atoms with E-state index in [1.54, 1.807) is 10.8 Å². The minimum absolute atomic E-state index is 0.0239. The molecule has 3 aromatic rings. The molecule has 2 fully saturated rings. The first-order chi connectivity index (χ1) is 16.9. The quantitative estimate of drug-likeness (QED) is 0.447. The van der Waals surface area contributed by atoms with Gasteiger partial charge in [-0.2, -0.15) is 0 Å². The normalized spacial score (nSPS) is 18.0. The first kappa shape index (κ1) is 23.8. The molecule has 8 heteroatoms.